The highest BCUT2D eigenvalue weighted by atomic mass is 16.3. The van der Waals surface area contributed by atoms with Gasteiger partial charge in [-0.2, -0.15) is 0 Å². The van der Waals surface area contributed by atoms with E-state index in [4.69, 9.17) is 5.73 Å². The van der Waals surface area contributed by atoms with Gasteiger partial charge in [0.2, 0.25) is 11.8 Å². The van der Waals surface area contributed by atoms with Gasteiger partial charge >= 0.3 is 0 Å². The Labute approximate surface area is 148 Å². The van der Waals surface area contributed by atoms with Crippen LogP contribution in [0.1, 0.15) is 44.1 Å². The van der Waals surface area contributed by atoms with Gasteiger partial charge in [-0.05, 0) is 50.5 Å². The highest BCUT2D eigenvalue weighted by Crippen LogP contribution is 2.19. The molecular weight excluding hydrogens is 320 g/mol. The minimum atomic E-state index is -1.03. The van der Waals surface area contributed by atoms with Crippen LogP contribution in [-0.2, 0) is 16.0 Å². The van der Waals surface area contributed by atoms with Crippen LogP contribution >= 0.6 is 0 Å². The molecule has 2 rings (SSSR count). The second kappa shape index (κ2) is 9.53. The molecule has 0 bridgehead atoms. The fraction of sp³-hybridized carbons (Fsp3) is 0.579. The molecule has 1 aliphatic rings. The van der Waals surface area contributed by atoms with Crippen LogP contribution in [-0.4, -0.2) is 40.3 Å². The van der Waals surface area contributed by atoms with E-state index in [1.165, 1.54) is 0 Å². The Kier molecular flexibility index (Phi) is 7.40. The van der Waals surface area contributed by atoms with E-state index in [1.807, 2.05) is 30.3 Å². The summed E-state index contributed by atoms with van der Waals surface area (Å²) in [7, 11) is 0. The maximum Gasteiger partial charge on any atom is 0.232 e. The summed E-state index contributed by atoms with van der Waals surface area (Å²) in [5.74, 6) is -2.17. The summed E-state index contributed by atoms with van der Waals surface area (Å²) in [5, 5.41) is 22.5. The van der Waals surface area contributed by atoms with E-state index < -0.39 is 23.8 Å². The third-order valence-corrected chi connectivity index (χ3v) is 4.82. The first-order chi connectivity index (χ1) is 12.0. The van der Waals surface area contributed by atoms with Crippen LogP contribution in [0.25, 0.3) is 0 Å². The van der Waals surface area contributed by atoms with E-state index >= 15 is 0 Å². The van der Waals surface area contributed by atoms with Gasteiger partial charge in [0.05, 0.1) is 12.2 Å². The smallest absolute Gasteiger partial charge is 0.232 e. The number of aryl methyl sites for hydroxylation is 1. The summed E-state index contributed by atoms with van der Waals surface area (Å²) < 4.78 is 0. The van der Waals surface area contributed by atoms with Crippen molar-refractivity contribution in [2.75, 3.05) is 0 Å². The molecule has 1 aromatic rings. The maximum atomic E-state index is 12.4. The Hall–Kier alpha value is -1.92. The number of benzene rings is 1. The van der Waals surface area contributed by atoms with Gasteiger partial charge in [-0.25, -0.2) is 0 Å². The summed E-state index contributed by atoms with van der Waals surface area (Å²) in [6.45, 7) is 0. The second-order valence-corrected chi connectivity index (χ2v) is 6.88. The summed E-state index contributed by atoms with van der Waals surface area (Å²) in [6.07, 6.45) is 2.77. The molecule has 0 aromatic heterocycles. The molecule has 1 aromatic carbocycles. The third kappa shape index (κ3) is 6.48. The molecule has 25 heavy (non-hydrogen) atoms. The van der Waals surface area contributed by atoms with Gasteiger partial charge in [-0.1, -0.05) is 30.3 Å². The van der Waals surface area contributed by atoms with Crippen molar-refractivity contribution in [1.29, 1.82) is 0 Å². The second-order valence-electron chi connectivity index (χ2n) is 6.88. The summed E-state index contributed by atoms with van der Waals surface area (Å²) in [5.41, 5.74) is 6.47. The SMILES string of the molecule is NC(=O)[C@@H](C[C@@H](O)CCc1ccccc1)C(=O)NC1CCC(O)CC1. The van der Waals surface area contributed by atoms with E-state index in [-0.39, 0.29) is 18.6 Å². The number of nitrogens with one attached hydrogen (secondary N) is 1. The predicted molar refractivity (Wildman–Crippen MR) is 94.5 cm³/mol. The van der Waals surface area contributed by atoms with Crippen molar-refractivity contribution in [3.63, 3.8) is 0 Å². The van der Waals surface area contributed by atoms with Crippen LogP contribution in [0, 0.1) is 5.92 Å². The zero-order chi connectivity index (χ0) is 18.2. The molecular formula is C19H28N2O4. The van der Waals surface area contributed by atoms with Gasteiger partial charge in [-0.15, -0.1) is 0 Å². The van der Waals surface area contributed by atoms with Crippen molar-refractivity contribution < 1.29 is 19.8 Å². The van der Waals surface area contributed by atoms with Gasteiger partial charge < -0.3 is 21.3 Å². The highest BCUT2D eigenvalue weighted by Gasteiger charge is 2.30. The number of aliphatic hydroxyl groups is 2. The molecule has 0 radical (unpaired) electrons. The van der Waals surface area contributed by atoms with Gasteiger partial charge in [0.15, 0.2) is 0 Å². The zero-order valence-electron chi connectivity index (χ0n) is 14.4. The molecule has 6 nitrogen and oxygen atoms in total. The van der Waals surface area contributed by atoms with Gasteiger partial charge in [0, 0.05) is 6.04 Å². The van der Waals surface area contributed by atoms with Crippen LogP contribution in [0.5, 0.6) is 0 Å². The van der Waals surface area contributed by atoms with Gasteiger partial charge in [0.1, 0.15) is 5.92 Å². The molecule has 138 valence electrons. The first-order valence-corrected chi connectivity index (χ1v) is 8.95. The number of carbonyl (C=O) groups excluding carboxylic acids is 2. The molecule has 0 unspecified atom stereocenters. The van der Waals surface area contributed by atoms with Crippen molar-refractivity contribution in [1.82, 2.24) is 5.32 Å². The fourth-order valence-electron chi connectivity index (χ4n) is 3.24. The topological polar surface area (TPSA) is 113 Å². The lowest BCUT2D eigenvalue weighted by Gasteiger charge is -2.27. The number of nitrogens with two attached hydrogens (primary N) is 1. The Balaban J connectivity index is 1.82. The normalized spacial score (nSPS) is 22.8. The average Bonchev–Trinajstić information content (AvgIpc) is 2.60. The van der Waals surface area contributed by atoms with E-state index in [9.17, 15) is 19.8 Å². The molecule has 0 spiro atoms. The molecule has 0 heterocycles. The number of rotatable bonds is 8. The summed E-state index contributed by atoms with van der Waals surface area (Å²) in [4.78, 5) is 24.0. The maximum absolute atomic E-state index is 12.4. The molecule has 1 fully saturated rings. The van der Waals surface area contributed by atoms with Crippen molar-refractivity contribution in [3.05, 3.63) is 35.9 Å². The molecule has 6 heteroatoms. The standard InChI is InChI=1S/C19H28N2O4/c20-18(24)17(19(25)21-14-7-10-15(22)11-8-14)12-16(23)9-6-13-4-2-1-3-5-13/h1-5,14-17,22-23H,6-12H2,(H2,20,24)(H,21,25)/t14?,15?,16-,17+/m0/s1. The van der Waals surface area contributed by atoms with Crippen molar-refractivity contribution in [2.45, 2.75) is 63.2 Å². The largest absolute Gasteiger partial charge is 0.393 e. The Bertz CT molecular complexity index is 556. The van der Waals surface area contributed by atoms with Crippen LogP contribution < -0.4 is 11.1 Å². The quantitative estimate of drug-likeness (QED) is 0.523. The van der Waals surface area contributed by atoms with E-state index in [0.717, 1.165) is 5.56 Å². The van der Waals surface area contributed by atoms with Crippen molar-refractivity contribution in [3.8, 4) is 0 Å². The number of hydrogen-bond donors (Lipinski definition) is 4. The van der Waals surface area contributed by atoms with Gasteiger partial charge in [-0.3, -0.25) is 9.59 Å². The monoisotopic (exact) mass is 348 g/mol. The van der Waals surface area contributed by atoms with Crippen molar-refractivity contribution >= 4 is 11.8 Å². The molecule has 5 N–H and O–H groups in total. The molecule has 2 atom stereocenters. The molecule has 1 aliphatic carbocycles. The lowest BCUT2D eigenvalue weighted by Crippen LogP contribution is -2.46. The summed E-state index contributed by atoms with van der Waals surface area (Å²) in [6, 6.07) is 9.70. The molecule has 1 saturated carbocycles. The van der Waals surface area contributed by atoms with E-state index in [1.54, 1.807) is 0 Å². The van der Waals surface area contributed by atoms with Crippen LogP contribution in [0.2, 0.25) is 0 Å². The minimum Gasteiger partial charge on any atom is -0.393 e. The first kappa shape index (κ1) is 19.4. The lowest BCUT2D eigenvalue weighted by molar-refractivity contribution is -0.135. The lowest BCUT2D eigenvalue weighted by atomic mass is 9.91. The number of primary amides is 1. The number of hydrogen-bond acceptors (Lipinski definition) is 4. The summed E-state index contributed by atoms with van der Waals surface area (Å²) >= 11 is 0. The number of aliphatic hydroxyl groups excluding tert-OH is 2. The van der Waals surface area contributed by atoms with E-state index in [0.29, 0.717) is 38.5 Å². The van der Waals surface area contributed by atoms with E-state index in [2.05, 4.69) is 5.32 Å². The zero-order valence-corrected chi connectivity index (χ0v) is 14.4. The molecule has 0 aliphatic heterocycles. The Morgan fingerprint density at radius 3 is 2.40 bits per heavy atom. The molecule has 0 saturated heterocycles. The molecule has 2 amide bonds. The van der Waals surface area contributed by atoms with Crippen LogP contribution in [0.3, 0.4) is 0 Å². The van der Waals surface area contributed by atoms with Crippen molar-refractivity contribution in [2.24, 2.45) is 11.7 Å². The highest BCUT2D eigenvalue weighted by molar-refractivity contribution is 5.99. The predicted octanol–water partition coefficient (Wildman–Crippen LogP) is 0.891. The average molecular weight is 348 g/mol. The number of amides is 2. The Morgan fingerprint density at radius 2 is 1.80 bits per heavy atom. The first-order valence-electron chi connectivity index (χ1n) is 8.95. The fourth-order valence-corrected chi connectivity index (χ4v) is 3.24. The van der Waals surface area contributed by atoms with Crippen LogP contribution in [0.4, 0.5) is 0 Å². The number of carbonyl (C=O) groups is 2. The minimum absolute atomic E-state index is 0.0311. The van der Waals surface area contributed by atoms with Gasteiger partial charge in [0.25, 0.3) is 0 Å². The Morgan fingerprint density at radius 1 is 1.16 bits per heavy atom. The van der Waals surface area contributed by atoms with Crippen LogP contribution in [0.15, 0.2) is 30.3 Å². The third-order valence-electron chi connectivity index (χ3n) is 4.82.